The minimum absolute atomic E-state index is 0.0687. The number of carboxylic acids is 1. The SMILES string of the molecule is O=C(O)c1ccc(NC(=O)c2cncs2)cn1. The molecule has 1 amide bonds. The first-order valence-corrected chi connectivity index (χ1v) is 5.44. The van der Waals surface area contributed by atoms with E-state index < -0.39 is 5.97 Å². The van der Waals surface area contributed by atoms with Gasteiger partial charge < -0.3 is 10.4 Å². The van der Waals surface area contributed by atoms with E-state index in [2.05, 4.69) is 15.3 Å². The van der Waals surface area contributed by atoms with Crippen molar-refractivity contribution in [2.75, 3.05) is 5.32 Å². The minimum atomic E-state index is -1.11. The predicted octanol–water partition coefficient (Wildman–Crippen LogP) is 1.49. The van der Waals surface area contributed by atoms with Crippen molar-refractivity contribution in [3.8, 4) is 0 Å². The third-order valence-corrected chi connectivity index (χ3v) is 2.67. The first-order chi connectivity index (χ1) is 8.16. The van der Waals surface area contributed by atoms with Crippen LogP contribution in [0.3, 0.4) is 0 Å². The van der Waals surface area contributed by atoms with E-state index in [1.165, 1.54) is 35.9 Å². The number of hydrogen-bond donors (Lipinski definition) is 2. The summed E-state index contributed by atoms with van der Waals surface area (Å²) >= 11 is 1.22. The molecule has 0 bridgehead atoms. The van der Waals surface area contributed by atoms with Gasteiger partial charge in [-0.25, -0.2) is 9.78 Å². The molecular formula is C10H7N3O3S. The van der Waals surface area contributed by atoms with Crippen LogP contribution in [0.4, 0.5) is 5.69 Å². The quantitative estimate of drug-likeness (QED) is 0.859. The number of pyridine rings is 1. The number of aromatic carboxylic acids is 1. The summed E-state index contributed by atoms with van der Waals surface area (Å²) in [4.78, 5) is 30.1. The van der Waals surface area contributed by atoms with Crippen molar-refractivity contribution in [1.29, 1.82) is 0 Å². The molecule has 0 saturated heterocycles. The van der Waals surface area contributed by atoms with Gasteiger partial charge in [0.25, 0.3) is 5.91 Å². The van der Waals surface area contributed by atoms with Crippen molar-refractivity contribution in [1.82, 2.24) is 9.97 Å². The van der Waals surface area contributed by atoms with E-state index >= 15 is 0 Å². The molecule has 2 N–H and O–H groups in total. The molecule has 6 nitrogen and oxygen atoms in total. The monoisotopic (exact) mass is 249 g/mol. The maximum absolute atomic E-state index is 11.6. The van der Waals surface area contributed by atoms with Crippen molar-refractivity contribution in [2.24, 2.45) is 0 Å². The van der Waals surface area contributed by atoms with Gasteiger partial charge in [-0.05, 0) is 12.1 Å². The van der Waals surface area contributed by atoms with Crippen LogP contribution in [0.5, 0.6) is 0 Å². The molecule has 0 unspecified atom stereocenters. The number of carboxylic acid groups (broad SMARTS) is 1. The molecule has 0 radical (unpaired) electrons. The molecule has 2 aromatic heterocycles. The highest BCUT2D eigenvalue weighted by Gasteiger charge is 2.09. The summed E-state index contributed by atoms with van der Waals surface area (Å²) < 4.78 is 0. The lowest BCUT2D eigenvalue weighted by Gasteiger charge is -2.02. The molecule has 2 rings (SSSR count). The van der Waals surface area contributed by atoms with Crippen LogP contribution in [-0.2, 0) is 0 Å². The van der Waals surface area contributed by atoms with Crippen LogP contribution in [0.2, 0.25) is 0 Å². The zero-order valence-corrected chi connectivity index (χ0v) is 9.27. The number of nitrogens with zero attached hydrogens (tertiary/aromatic N) is 2. The van der Waals surface area contributed by atoms with E-state index in [0.717, 1.165) is 0 Å². The molecule has 0 spiro atoms. The number of nitrogens with one attached hydrogen (secondary N) is 1. The number of anilines is 1. The molecule has 17 heavy (non-hydrogen) atoms. The normalized spacial score (nSPS) is 9.88. The Kier molecular flexibility index (Phi) is 3.10. The van der Waals surface area contributed by atoms with Gasteiger partial charge in [0.15, 0.2) is 0 Å². The molecular weight excluding hydrogens is 242 g/mol. The number of thiazole rings is 1. The standard InChI is InChI=1S/C10H7N3O3S/c14-9(8-4-11-5-17-8)13-6-1-2-7(10(15)16)12-3-6/h1-5H,(H,13,14)(H,15,16). The Bertz CT molecular complexity index is 536. The molecule has 0 aromatic carbocycles. The van der Waals surface area contributed by atoms with E-state index in [9.17, 15) is 9.59 Å². The topological polar surface area (TPSA) is 92.2 Å². The first-order valence-electron chi connectivity index (χ1n) is 4.56. The van der Waals surface area contributed by atoms with Crippen molar-refractivity contribution in [3.05, 3.63) is 40.6 Å². The van der Waals surface area contributed by atoms with Crippen LogP contribution in [0.1, 0.15) is 20.2 Å². The van der Waals surface area contributed by atoms with Crippen LogP contribution < -0.4 is 5.32 Å². The van der Waals surface area contributed by atoms with E-state index in [1.807, 2.05) is 0 Å². The fourth-order valence-electron chi connectivity index (χ4n) is 1.11. The third kappa shape index (κ3) is 2.64. The number of rotatable bonds is 3. The summed E-state index contributed by atoms with van der Waals surface area (Å²) in [7, 11) is 0. The van der Waals surface area contributed by atoms with Gasteiger partial charge in [-0.15, -0.1) is 11.3 Å². The van der Waals surface area contributed by atoms with E-state index in [0.29, 0.717) is 10.6 Å². The van der Waals surface area contributed by atoms with Crippen molar-refractivity contribution in [3.63, 3.8) is 0 Å². The molecule has 0 saturated carbocycles. The van der Waals surface area contributed by atoms with Crippen molar-refractivity contribution < 1.29 is 14.7 Å². The molecule has 0 aliphatic carbocycles. The van der Waals surface area contributed by atoms with Crippen molar-refractivity contribution >= 4 is 28.9 Å². The highest BCUT2D eigenvalue weighted by atomic mass is 32.1. The lowest BCUT2D eigenvalue weighted by molar-refractivity contribution is 0.0690. The molecule has 0 fully saturated rings. The summed E-state index contributed by atoms with van der Waals surface area (Å²) in [6, 6.07) is 2.81. The Labute approximate surface area is 100.0 Å². The second-order valence-corrected chi connectivity index (χ2v) is 3.94. The van der Waals surface area contributed by atoms with Crippen LogP contribution in [0.15, 0.2) is 30.0 Å². The Morgan fingerprint density at radius 2 is 2.12 bits per heavy atom. The Morgan fingerprint density at radius 3 is 2.65 bits per heavy atom. The molecule has 86 valence electrons. The van der Waals surface area contributed by atoms with Crippen LogP contribution >= 0.6 is 11.3 Å². The number of carbonyl (C=O) groups is 2. The zero-order valence-electron chi connectivity index (χ0n) is 8.45. The van der Waals surface area contributed by atoms with E-state index in [1.54, 1.807) is 5.51 Å². The Balaban J connectivity index is 2.09. The van der Waals surface area contributed by atoms with Gasteiger partial charge in [-0.1, -0.05) is 0 Å². The summed E-state index contributed by atoms with van der Waals surface area (Å²) in [5, 5.41) is 11.2. The fraction of sp³-hybridized carbons (Fsp3) is 0. The van der Waals surface area contributed by atoms with Crippen LogP contribution in [0, 0.1) is 0 Å². The fourth-order valence-corrected chi connectivity index (χ4v) is 1.63. The van der Waals surface area contributed by atoms with Gasteiger partial charge in [0, 0.05) is 0 Å². The lowest BCUT2D eigenvalue weighted by Crippen LogP contribution is -2.11. The minimum Gasteiger partial charge on any atom is -0.477 e. The average Bonchev–Trinajstić information content (AvgIpc) is 2.83. The van der Waals surface area contributed by atoms with Gasteiger partial charge in [-0.3, -0.25) is 9.78 Å². The van der Waals surface area contributed by atoms with Gasteiger partial charge >= 0.3 is 5.97 Å². The number of amides is 1. The summed E-state index contributed by atoms with van der Waals surface area (Å²) in [6.45, 7) is 0. The average molecular weight is 249 g/mol. The van der Waals surface area contributed by atoms with E-state index in [4.69, 9.17) is 5.11 Å². The second-order valence-electron chi connectivity index (χ2n) is 3.06. The lowest BCUT2D eigenvalue weighted by atomic mass is 10.3. The maximum atomic E-state index is 11.6. The highest BCUT2D eigenvalue weighted by molar-refractivity contribution is 7.11. The Hall–Kier alpha value is -2.28. The van der Waals surface area contributed by atoms with Crippen LogP contribution in [0.25, 0.3) is 0 Å². The number of carbonyl (C=O) groups excluding carboxylic acids is 1. The molecule has 2 aromatic rings. The second kappa shape index (κ2) is 4.71. The predicted molar refractivity (Wildman–Crippen MR) is 61.3 cm³/mol. The Morgan fingerprint density at radius 1 is 1.29 bits per heavy atom. The highest BCUT2D eigenvalue weighted by Crippen LogP contribution is 2.11. The molecule has 0 aliphatic heterocycles. The molecule has 2 heterocycles. The summed E-state index contributed by atoms with van der Waals surface area (Å²) in [5.74, 6) is -1.40. The van der Waals surface area contributed by atoms with Gasteiger partial charge in [0.05, 0.1) is 23.6 Å². The van der Waals surface area contributed by atoms with Gasteiger partial charge in [0.1, 0.15) is 10.6 Å². The largest absolute Gasteiger partial charge is 0.477 e. The third-order valence-electron chi connectivity index (χ3n) is 1.90. The van der Waals surface area contributed by atoms with Gasteiger partial charge in [0.2, 0.25) is 0 Å². The number of hydrogen-bond acceptors (Lipinski definition) is 5. The molecule has 7 heteroatoms. The van der Waals surface area contributed by atoms with Crippen molar-refractivity contribution in [2.45, 2.75) is 0 Å². The zero-order chi connectivity index (χ0) is 12.3. The molecule has 0 aliphatic rings. The summed E-state index contributed by atoms with van der Waals surface area (Å²) in [5.41, 5.74) is 1.93. The first kappa shape index (κ1) is 11.2. The van der Waals surface area contributed by atoms with E-state index in [-0.39, 0.29) is 11.6 Å². The van der Waals surface area contributed by atoms with Crippen LogP contribution in [-0.4, -0.2) is 27.0 Å². The smallest absolute Gasteiger partial charge is 0.354 e. The van der Waals surface area contributed by atoms with Gasteiger partial charge in [-0.2, -0.15) is 0 Å². The number of aromatic nitrogens is 2. The summed E-state index contributed by atoms with van der Waals surface area (Å²) in [6.07, 6.45) is 2.75. The molecule has 0 atom stereocenters. The maximum Gasteiger partial charge on any atom is 0.354 e.